The second-order valence-electron chi connectivity index (χ2n) is 8.26. The van der Waals surface area contributed by atoms with Crippen LogP contribution in [0, 0.1) is 16.0 Å². The molecule has 0 spiro atoms. The molecule has 0 N–H and O–H groups in total. The zero-order valence-electron chi connectivity index (χ0n) is 17.7. The molecular weight excluding hydrogens is 390 g/mol. The van der Waals surface area contributed by atoms with Crippen LogP contribution in [0.2, 0.25) is 0 Å². The van der Waals surface area contributed by atoms with Crippen LogP contribution in [0.3, 0.4) is 0 Å². The van der Waals surface area contributed by atoms with Gasteiger partial charge in [0.2, 0.25) is 0 Å². The maximum atomic E-state index is 12.4. The molecule has 2 fully saturated rings. The third kappa shape index (κ3) is 5.27. The highest BCUT2D eigenvalue weighted by atomic mass is 16.6. The Bertz CT molecular complexity index is 796. The number of benzene rings is 1. The molecule has 2 aliphatic heterocycles. The summed E-state index contributed by atoms with van der Waals surface area (Å²) in [6.45, 7) is 7.90. The maximum Gasteiger partial charge on any atom is 0.338 e. The second kappa shape index (κ2) is 9.42. The lowest BCUT2D eigenvalue weighted by Gasteiger charge is -2.35. The smallest absolute Gasteiger partial charge is 0.338 e. The van der Waals surface area contributed by atoms with Gasteiger partial charge in [-0.15, -0.1) is 0 Å². The monoisotopic (exact) mass is 419 g/mol. The number of morpholine rings is 1. The molecule has 2 aliphatic rings. The van der Waals surface area contributed by atoms with Crippen LogP contribution in [0.25, 0.3) is 0 Å². The number of nitrogens with zero attached hydrogens (tertiary/aromatic N) is 3. The fourth-order valence-electron chi connectivity index (χ4n) is 4.00. The molecule has 9 nitrogen and oxygen atoms in total. The van der Waals surface area contributed by atoms with Crippen LogP contribution < -0.4 is 4.90 Å². The topological polar surface area (TPSA) is 102 Å². The molecule has 3 rings (SSSR count). The minimum absolute atomic E-state index is 0.0624. The van der Waals surface area contributed by atoms with Crippen LogP contribution in [-0.2, 0) is 14.3 Å². The number of hydrogen-bond acceptors (Lipinski definition) is 7. The molecule has 0 aliphatic carbocycles. The van der Waals surface area contributed by atoms with Gasteiger partial charge in [-0.1, -0.05) is 6.92 Å². The van der Waals surface area contributed by atoms with E-state index in [9.17, 15) is 19.7 Å². The van der Waals surface area contributed by atoms with Gasteiger partial charge in [0.15, 0.2) is 6.61 Å². The number of rotatable bonds is 5. The fourth-order valence-corrected chi connectivity index (χ4v) is 4.00. The molecule has 0 saturated carbocycles. The van der Waals surface area contributed by atoms with Gasteiger partial charge >= 0.3 is 5.97 Å². The van der Waals surface area contributed by atoms with E-state index in [4.69, 9.17) is 9.47 Å². The van der Waals surface area contributed by atoms with Gasteiger partial charge in [-0.25, -0.2) is 4.79 Å². The van der Waals surface area contributed by atoms with Gasteiger partial charge < -0.3 is 19.3 Å². The van der Waals surface area contributed by atoms with Crippen molar-refractivity contribution in [3.8, 4) is 0 Å². The predicted octanol–water partition coefficient (Wildman–Crippen LogP) is 2.62. The third-order valence-corrected chi connectivity index (χ3v) is 5.63. The van der Waals surface area contributed by atoms with E-state index in [0.29, 0.717) is 24.7 Å². The zero-order valence-corrected chi connectivity index (χ0v) is 17.7. The third-order valence-electron chi connectivity index (χ3n) is 5.63. The molecule has 2 atom stereocenters. The first kappa shape index (κ1) is 22.0. The molecule has 9 heteroatoms. The van der Waals surface area contributed by atoms with Crippen molar-refractivity contribution >= 4 is 23.3 Å². The van der Waals surface area contributed by atoms with Crippen molar-refractivity contribution in [1.29, 1.82) is 0 Å². The summed E-state index contributed by atoms with van der Waals surface area (Å²) in [5.41, 5.74) is 0.448. The van der Waals surface area contributed by atoms with Crippen molar-refractivity contribution in [2.75, 3.05) is 37.7 Å². The zero-order chi connectivity index (χ0) is 21.8. The molecule has 2 heterocycles. The Morgan fingerprint density at radius 1 is 1.17 bits per heavy atom. The molecule has 0 aromatic heterocycles. The van der Waals surface area contributed by atoms with Crippen molar-refractivity contribution < 1.29 is 24.0 Å². The molecule has 2 unspecified atom stereocenters. The Balaban J connectivity index is 1.65. The minimum Gasteiger partial charge on any atom is -0.452 e. The summed E-state index contributed by atoms with van der Waals surface area (Å²) < 4.78 is 10.7. The lowest BCUT2D eigenvalue weighted by Crippen LogP contribution is -2.49. The number of carbonyl (C=O) groups is 2. The Hall–Kier alpha value is -2.68. The summed E-state index contributed by atoms with van der Waals surface area (Å²) in [5.74, 6) is -0.455. The van der Waals surface area contributed by atoms with Crippen LogP contribution in [-0.4, -0.2) is 66.7 Å². The SMILES string of the molecule is CC1CCN(c2ccc(C(=O)OCC(=O)N3CC(C)OC(C)C3)cc2[N+](=O)[O-])CC1. The first-order chi connectivity index (χ1) is 14.2. The molecular formula is C21H29N3O6. The first-order valence-electron chi connectivity index (χ1n) is 10.4. The summed E-state index contributed by atoms with van der Waals surface area (Å²) >= 11 is 0. The number of nitro benzene ring substituents is 1. The number of carbonyl (C=O) groups excluding carboxylic acids is 2. The largest absolute Gasteiger partial charge is 0.452 e. The quantitative estimate of drug-likeness (QED) is 0.411. The lowest BCUT2D eigenvalue weighted by molar-refractivity contribution is -0.384. The van der Waals surface area contributed by atoms with Gasteiger partial charge in [-0.05, 0) is 44.7 Å². The van der Waals surface area contributed by atoms with Crippen molar-refractivity contribution in [3.63, 3.8) is 0 Å². The van der Waals surface area contributed by atoms with E-state index in [-0.39, 0.29) is 29.4 Å². The van der Waals surface area contributed by atoms with Crippen molar-refractivity contribution in [1.82, 2.24) is 4.90 Å². The maximum absolute atomic E-state index is 12.4. The average Bonchev–Trinajstić information content (AvgIpc) is 2.71. The number of hydrogen-bond donors (Lipinski definition) is 0. The highest BCUT2D eigenvalue weighted by Crippen LogP contribution is 2.32. The van der Waals surface area contributed by atoms with Gasteiger partial charge in [0, 0.05) is 32.2 Å². The highest BCUT2D eigenvalue weighted by molar-refractivity contribution is 5.93. The number of ether oxygens (including phenoxy) is 2. The van der Waals surface area contributed by atoms with Crippen LogP contribution in [0.4, 0.5) is 11.4 Å². The van der Waals surface area contributed by atoms with E-state index in [1.54, 1.807) is 11.0 Å². The van der Waals surface area contributed by atoms with E-state index in [1.807, 2.05) is 18.7 Å². The van der Waals surface area contributed by atoms with E-state index >= 15 is 0 Å². The minimum atomic E-state index is -0.750. The first-order valence-corrected chi connectivity index (χ1v) is 10.4. The van der Waals surface area contributed by atoms with Crippen LogP contribution in [0.1, 0.15) is 44.0 Å². The molecule has 164 valence electrons. The van der Waals surface area contributed by atoms with Crippen LogP contribution >= 0.6 is 0 Å². The van der Waals surface area contributed by atoms with Crippen molar-refractivity contribution in [2.45, 2.75) is 45.8 Å². The normalized spacial score (nSPS) is 22.6. The second-order valence-corrected chi connectivity index (χ2v) is 8.26. The Morgan fingerprint density at radius 2 is 1.80 bits per heavy atom. The molecule has 30 heavy (non-hydrogen) atoms. The van der Waals surface area contributed by atoms with E-state index in [1.165, 1.54) is 12.1 Å². The number of nitro groups is 1. The van der Waals surface area contributed by atoms with E-state index in [0.717, 1.165) is 25.9 Å². The van der Waals surface area contributed by atoms with Gasteiger partial charge in [0.1, 0.15) is 5.69 Å². The molecule has 1 aromatic carbocycles. The summed E-state index contributed by atoms with van der Waals surface area (Å²) in [4.78, 5) is 39.5. The standard InChI is InChI=1S/C21H29N3O6/c1-14-6-8-22(9-7-14)18-5-4-17(10-19(18)24(27)28)21(26)29-13-20(25)23-11-15(2)30-16(3)12-23/h4-5,10,14-16H,6-9,11-13H2,1-3H3. The Morgan fingerprint density at radius 3 is 2.40 bits per heavy atom. The summed E-state index contributed by atoms with van der Waals surface area (Å²) in [6.07, 6.45) is 1.78. The summed E-state index contributed by atoms with van der Waals surface area (Å²) in [5, 5.41) is 11.6. The molecule has 0 bridgehead atoms. The fraction of sp³-hybridized carbons (Fsp3) is 0.619. The molecule has 1 amide bonds. The van der Waals surface area contributed by atoms with E-state index < -0.39 is 17.5 Å². The Labute approximate surface area is 176 Å². The van der Waals surface area contributed by atoms with Gasteiger partial charge in [0.25, 0.3) is 11.6 Å². The highest BCUT2D eigenvalue weighted by Gasteiger charge is 2.28. The van der Waals surface area contributed by atoms with Crippen molar-refractivity contribution in [2.24, 2.45) is 5.92 Å². The van der Waals surface area contributed by atoms with Crippen molar-refractivity contribution in [3.05, 3.63) is 33.9 Å². The predicted molar refractivity (Wildman–Crippen MR) is 111 cm³/mol. The molecule has 1 aromatic rings. The molecule has 0 radical (unpaired) electrons. The van der Waals surface area contributed by atoms with Crippen LogP contribution in [0.5, 0.6) is 0 Å². The van der Waals surface area contributed by atoms with E-state index in [2.05, 4.69) is 6.92 Å². The summed E-state index contributed by atoms with van der Waals surface area (Å²) in [6, 6.07) is 4.35. The average molecular weight is 419 g/mol. The number of piperidine rings is 1. The Kier molecular flexibility index (Phi) is 6.91. The number of esters is 1. The van der Waals surface area contributed by atoms with Crippen LogP contribution in [0.15, 0.2) is 18.2 Å². The number of anilines is 1. The van der Waals surface area contributed by atoms with Gasteiger partial charge in [0.05, 0.1) is 22.7 Å². The number of amides is 1. The summed E-state index contributed by atoms with van der Waals surface area (Å²) in [7, 11) is 0. The van der Waals surface area contributed by atoms with Gasteiger partial charge in [-0.3, -0.25) is 14.9 Å². The molecule has 2 saturated heterocycles. The van der Waals surface area contributed by atoms with Gasteiger partial charge in [-0.2, -0.15) is 0 Å². The lowest BCUT2D eigenvalue weighted by atomic mass is 9.98.